The molecule has 4 atom stereocenters. The number of halogens is 1. The van der Waals surface area contributed by atoms with Crippen LogP contribution >= 0.6 is 22.9 Å². The SMILES string of the molecule is CC(=O)[C@H](NC(=O)[C@H](CCCCNC(=O)COCCOCCNC(=O)COCCOCCNC(=O)CC[C@H](NC(=O)CCCCCCCCCCCCCCCC(C(=O)O)c1ncc(CCC(=O)NC(C)(C)C=O)[nH]1)C(=O)O)NI)C(N)=O. The van der Waals surface area contributed by atoms with Crippen LogP contribution in [0.2, 0.25) is 0 Å². The number of aromatic amines is 1. The second-order valence-corrected chi connectivity index (χ2v) is 21.3. The zero-order chi connectivity index (χ0) is 61.7. The number of unbranched alkanes of at least 4 members (excludes halogenated alkanes) is 13. The van der Waals surface area contributed by atoms with Gasteiger partial charge in [0.1, 0.15) is 37.3 Å². The van der Waals surface area contributed by atoms with E-state index in [0.717, 1.165) is 84.0 Å². The third kappa shape index (κ3) is 39.5. The second kappa shape index (κ2) is 46.7. The Morgan fingerprint density at radius 2 is 1.12 bits per heavy atom. The molecule has 0 radical (unpaired) electrons. The lowest BCUT2D eigenvalue weighted by Gasteiger charge is -2.18. The van der Waals surface area contributed by atoms with Gasteiger partial charge in [-0.05, 0) is 65.7 Å². The van der Waals surface area contributed by atoms with E-state index in [4.69, 9.17) is 24.7 Å². The first kappa shape index (κ1) is 75.3. The molecule has 1 heterocycles. The molecule has 1 unspecified atom stereocenters. The lowest BCUT2D eigenvalue weighted by atomic mass is 9.99. The van der Waals surface area contributed by atoms with Crippen molar-refractivity contribution < 1.29 is 81.9 Å². The van der Waals surface area contributed by atoms with Gasteiger partial charge >= 0.3 is 11.9 Å². The Labute approximate surface area is 500 Å². The predicted molar refractivity (Wildman–Crippen MR) is 313 cm³/mol. The number of amides is 7. The van der Waals surface area contributed by atoms with Crippen molar-refractivity contribution in [3.8, 4) is 0 Å². The number of ketones is 1. The van der Waals surface area contributed by atoms with Crippen molar-refractivity contribution in [3.05, 3.63) is 17.7 Å². The molecule has 27 nitrogen and oxygen atoms in total. The first-order valence-corrected chi connectivity index (χ1v) is 29.9. The highest BCUT2D eigenvalue weighted by molar-refractivity contribution is 14.1. The first-order valence-electron chi connectivity index (χ1n) is 28.8. The number of carbonyl (C=O) groups excluding carboxylic acids is 9. The summed E-state index contributed by atoms with van der Waals surface area (Å²) in [4.78, 5) is 138. The standard InChI is InChI=1S/C55H93IN10O17/c1-39(68)49(50(57)74)64-52(75)42(66-56)20-17-18-26-58-47(72)36-82-33-32-81-30-28-60-48(73)37-83-34-31-80-29-27-59-44(69)25-23-43(54(78)79)63-45(70)21-16-14-12-10-8-6-4-5-7-9-11-13-15-19-41(53(76)77)51-61-35-40(62-51)22-24-46(71)65-55(2,3)38-67/h35,38,41-43,49,66H,4-34,36-37H2,1-3H3,(H2,57,74)(H,58,72)(H,59,69)(H,60,73)(H,61,62)(H,63,70)(H,64,75)(H,65,71)(H,76,77)(H,78,79)/t41?,42-,43-,49-/m0/s1. The predicted octanol–water partition coefficient (Wildman–Crippen LogP) is 2.26. The summed E-state index contributed by atoms with van der Waals surface area (Å²) in [5, 5.41) is 34.9. The van der Waals surface area contributed by atoms with Gasteiger partial charge in [-0.3, -0.25) is 43.2 Å². The third-order valence-corrected chi connectivity index (χ3v) is 13.6. The zero-order valence-electron chi connectivity index (χ0n) is 48.7. The van der Waals surface area contributed by atoms with Crippen molar-refractivity contribution in [2.24, 2.45) is 5.73 Å². The average Bonchev–Trinajstić information content (AvgIpc) is 4.07. The molecular formula is C55H93IN10O17. The van der Waals surface area contributed by atoms with Gasteiger partial charge < -0.3 is 76.6 Å². The van der Waals surface area contributed by atoms with E-state index in [-0.39, 0.29) is 121 Å². The molecule has 1 rings (SSSR count). The van der Waals surface area contributed by atoms with Crippen LogP contribution in [-0.4, -0.2) is 182 Å². The lowest BCUT2D eigenvalue weighted by molar-refractivity contribution is -0.142. The molecule has 0 aliphatic carbocycles. The Bertz CT molecular complexity index is 2100. The maximum atomic E-state index is 12.5. The zero-order valence-corrected chi connectivity index (χ0v) is 50.9. The number of aliphatic carboxylic acids is 2. The van der Waals surface area contributed by atoms with Gasteiger partial charge in [-0.15, -0.1) is 0 Å². The van der Waals surface area contributed by atoms with Gasteiger partial charge in [0, 0.05) is 73.7 Å². The van der Waals surface area contributed by atoms with E-state index < -0.39 is 59.1 Å². The summed E-state index contributed by atoms with van der Waals surface area (Å²) < 4.78 is 24.2. The average molecular weight is 1290 g/mol. The van der Waals surface area contributed by atoms with Crippen LogP contribution in [0.5, 0.6) is 0 Å². The van der Waals surface area contributed by atoms with Crippen molar-refractivity contribution >= 4 is 88.2 Å². The number of hydrogen-bond donors (Lipinski definition) is 11. The van der Waals surface area contributed by atoms with Crippen LogP contribution < -0.4 is 41.2 Å². The first-order chi connectivity index (χ1) is 39.7. The number of hydrogen-bond acceptors (Lipinski definition) is 17. The number of aldehydes is 1. The maximum Gasteiger partial charge on any atom is 0.326 e. The summed E-state index contributed by atoms with van der Waals surface area (Å²) in [6.07, 6.45) is 17.8. The van der Waals surface area contributed by atoms with Crippen LogP contribution in [0.15, 0.2) is 6.20 Å². The molecule has 0 saturated heterocycles. The molecule has 0 fully saturated rings. The number of imidazole rings is 1. The van der Waals surface area contributed by atoms with Crippen molar-refractivity contribution in [3.63, 3.8) is 0 Å². The summed E-state index contributed by atoms with van der Waals surface area (Å²) in [6, 6.07) is -3.24. The molecule has 0 aliphatic rings. The molecule has 1 aromatic rings. The number of primary amides is 1. The van der Waals surface area contributed by atoms with E-state index in [1.165, 1.54) is 0 Å². The summed E-state index contributed by atoms with van der Waals surface area (Å²) in [5.74, 6) is -6.24. The molecule has 0 aliphatic heterocycles. The van der Waals surface area contributed by atoms with Gasteiger partial charge in [-0.2, -0.15) is 0 Å². The third-order valence-electron chi connectivity index (χ3n) is 12.9. The van der Waals surface area contributed by atoms with Crippen molar-refractivity contribution in [1.29, 1.82) is 0 Å². The van der Waals surface area contributed by atoms with Gasteiger partial charge in [-0.1, -0.05) is 77.0 Å². The lowest BCUT2D eigenvalue weighted by Crippen LogP contribution is -2.53. The smallest absolute Gasteiger partial charge is 0.326 e. The van der Waals surface area contributed by atoms with Crippen LogP contribution in [0.1, 0.15) is 173 Å². The number of carboxylic acids is 2. The number of rotatable bonds is 54. The normalized spacial score (nSPS) is 12.7. The van der Waals surface area contributed by atoms with Crippen LogP contribution in [-0.2, 0) is 78.1 Å². The van der Waals surface area contributed by atoms with Crippen LogP contribution in [0, 0.1) is 0 Å². The molecule has 0 saturated carbocycles. The minimum absolute atomic E-state index is 0.0635. The molecule has 28 heteroatoms. The molecule has 7 amide bonds. The van der Waals surface area contributed by atoms with Crippen LogP contribution in [0.3, 0.4) is 0 Å². The Morgan fingerprint density at radius 3 is 1.64 bits per heavy atom. The number of nitrogens with two attached hydrogens (primary N) is 1. The Morgan fingerprint density at radius 1 is 0.602 bits per heavy atom. The van der Waals surface area contributed by atoms with E-state index in [1.54, 1.807) is 20.0 Å². The van der Waals surface area contributed by atoms with E-state index in [9.17, 15) is 63.0 Å². The molecule has 472 valence electrons. The topological polar surface area (TPSA) is 404 Å². The highest BCUT2D eigenvalue weighted by atomic mass is 127. The number of carbonyl (C=O) groups is 11. The number of aromatic nitrogens is 2. The van der Waals surface area contributed by atoms with Crippen LogP contribution in [0.4, 0.5) is 0 Å². The van der Waals surface area contributed by atoms with E-state index in [0.29, 0.717) is 62.9 Å². The number of H-pyrrole nitrogens is 1. The Balaban J connectivity index is 1.99. The molecular weight excluding hydrogens is 1200 g/mol. The molecule has 1 aromatic heterocycles. The molecule has 0 bridgehead atoms. The highest BCUT2D eigenvalue weighted by Crippen LogP contribution is 2.22. The van der Waals surface area contributed by atoms with Gasteiger partial charge in [-0.25, -0.2) is 13.3 Å². The van der Waals surface area contributed by atoms with Crippen molar-refractivity contribution in [1.82, 2.24) is 45.4 Å². The largest absolute Gasteiger partial charge is 0.481 e. The Hall–Kier alpha value is -5.69. The minimum atomic E-state index is -1.39. The minimum Gasteiger partial charge on any atom is -0.481 e. The fourth-order valence-electron chi connectivity index (χ4n) is 8.17. The van der Waals surface area contributed by atoms with Crippen molar-refractivity contribution in [2.75, 3.05) is 72.5 Å². The monoisotopic (exact) mass is 1290 g/mol. The summed E-state index contributed by atoms with van der Waals surface area (Å²) in [5.41, 5.74) is 4.89. The fraction of sp³-hybridized carbons (Fsp3) is 0.745. The number of nitrogens with one attached hydrogen (secondary N) is 8. The van der Waals surface area contributed by atoms with Gasteiger partial charge in [0.15, 0.2) is 11.8 Å². The van der Waals surface area contributed by atoms with Gasteiger partial charge in [0.05, 0.1) is 51.2 Å². The molecule has 83 heavy (non-hydrogen) atoms. The van der Waals surface area contributed by atoms with E-state index >= 15 is 0 Å². The molecule has 0 aromatic carbocycles. The highest BCUT2D eigenvalue weighted by Gasteiger charge is 2.27. The molecule has 0 spiro atoms. The van der Waals surface area contributed by atoms with E-state index in [2.05, 4.69) is 45.4 Å². The number of Topliss-reactive ketones (excluding diaryl/α,β-unsaturated/α-hetero) is 1. The Kier molecular flexibility index (Phi) is 42.3. The number of ether oxygens (including phenoxy) is 4. The fourth-order valence-corrected chi connectivity index (χ4v) is 8.77. The van der Waals surface area contributed by atoms with Crippen molar-refractivity contribution in [2.45, 2.75) is 192 Å². The van der Waals surface area contributed by atoms with E-state index in [1.807, 2.05) is 22.9 Å². The van der Waals surface area contributed by atoms with Crippen LogP contribution in [0.25, 0.3) is 0 Å². The second-order valence-electron chi connectivity index (χ2n) is 20.7. The number of nitrogens with zero attached hydrogens (tertiary/aromatic N) is 1. The summed E-state index contributed by atoms with van der Waals surface area (Å²) in [7, 11) is 0. The number of aryl methyl sites for hydroxylation is 1. The molecule has 12 N–H and O–H groups in total. The maximum absolute atomic E-state index is 12.5. The summed E-state index contributed by atoms with van der Waals surface area (Å²) in [6.45, 7) is 5.79. The summed E-state index contributed by atoms with van der Waals surface area (Å²) >= 11 is 1.81. The van der Waals surface area contributed by atoms with Gasteiger partial charge in [0.2, 0.25) is 41.4 Å². The quantitative estimate of drug-likeness (QED) is 0.0146. The van der Waals surface area contributed by atoms with Gasteiger partial charge in [0.25, 0.3) is 0 Å². The number of carboxylic acid groups (broad SMARTS) is 2.